The predicted molar refractivity (Wildman–Crippen MR) is 131 cm³/mol. The molecule has 0 N–H and O–H groups in total. The van der Waals surface area contributed by atoms with Crippen LogP contribution in [0.2, 0.25) is 0 Å². The van der Waals surface area contributed by atoms with Crippen LogP contribution in [0.5, 0.6) is 0 Å². The summed E-state index contributed by atoms with van der Waals surface area (Å²) in [7, 11) is 1.28. The Bertz CT molecular complexity index is 1470. The van der Waals surface area contributed by atoms with E-state index in [-0.39, 0.29) is 33.8 Å². The van der Waals surface area contributed by atoms with Crippen LogP contribution >= 0.6 is 0 Å². The number of ether oxygens (including phenoxy) is 1. The summed E-state index contributed by atoms with van der Waals surface area (Å²) in [5.41, 5.74) is 2.97. The zero-order chi connectivity index (χ0) is 25.5. The molecule has 0 atom stereocenters. The number of hydrogen-bond acceptors (Lipinski definition) is 6. The van der Waals surface area contributed by atoms with Crippen LogP contribution in [-0.4, -0.2) is 13.1 Å². The molecule has 0 amide bonds. The molecule has 6 nitrogen and oxygen atoms in total. The fourth-order valence-electron chi connectivity index (χ4n) is 3.93. The Labute approximate surface area is 204 Å². The summed E-state index contributed by atoms with van der Waals surface area (Å²) in [5, 5.41) is 39.3. The van der Waals surface area contributed by atoms with Gasteiger partial charge in [-0.15, -0.1) is 0 Å². The summed E-state index contributed by atoms with van der Waals surface area (Å²) in [6.07, 6.45) is 0. The van der Waals surface area contributed by atoms with Gasteiger partial charge in [-0.2, -0.15) is 21.0 Å². The van der Waals surface area contributed by atoms with Crippen LogP contribution in [0.25, 0.3) is 22.3 Å². The summed E-state index contributed by atoms with van der Waals surface area (Å²) in [6, 6.07) is 25.2. The second kappa shape index (κ2) is 10.6. The van der Waals surface area contributed by atoms with Gasteiger partial charge in [-0.05, 0) is 39.8 Å². The van der Waals surface area contributed by atoms with E-state index in [1.54, 1.807) is 42.5 Å². The molecule has 0 aliphatic heterocycles. The molecule has 2 aliphatic rings. The van der Waals surface area contributed by atoms with Crippen molar-refractivity contribution in [3.63, 3.8) is 0 Å². The van der Waals surface area contributed by atoms with Gasteiger partial charge in [0.25, 0.3) is 0 Å². The lowest BCUT2D eigenvalue weighted by atomic mass is 9.85. The van der Waals surface area contributed by atoms with Gasteiger partial charge in [-0.1, -0.05) is 68.4 Å². The Morgan fingerprint density at radius 2 is 1.34 bits per heavy atom. The third-order valence-corrected chi connectivity index (χ3v) is 5.62. The Kier molecular flexibility index (Phi) is 7.43. The van der Waals surface area contributed by atoms with E-state index >= 15 is 0 Å². The number of rotatable bonds is 5. The van der Waals surface area contributed by atoms with Gasteiger partial charge in [0.15, 0.2) is 0 Å². The lowest BCUT2D eigenvalue weighted by molar-refractivity contribution is 0.0602. The van der Waals surface area contributed by atoms with Crippen LogP contribution < -0.4 is 0 Å². The number of esters is 1. The van der Waals surface area contributed by atoms with Gasteiger partial charge in [-0.25, -0.2) is 4.79 Å². The zero-order valence-corrected chi connectivity index (χ0v) is 19.5. The molecule has 0 spiro atoms. The van der Waals surface area contributed by atoms with Gasteiger partial charge in [-0.3, -0.25) is 0 Å². The Balaban J connectivity index is 2.55. The molecule has 168 valence electrons. The molecule has 0 saturated heterocycles. The molecule has 1 aromatic carbocycles. The lowest BCUT2D eigenvalue weighted by Crippen LogP contribution is -2.00. The number of nitrogens with zero attached hydrogens (tertiary/aromatic N) is 4. The summed E-state index contributed by atoms with van der Waals surface area (Å²) >= 11 is 0. The maximum Gasteiger partial charge on any atom is 0.338 e. The lowest BCUT2D eigenvalue weighted by Gasteiger charge is -2.14. The van der Waals surface area contributed by atoms with Gasteiger partial charge in [0.2, 0.25) is 0 Å². The monoisotopic (exact) mass is 456 g/mol. The third kappa shape index (κ3) is 4.65. The van der Waals surface area contributed by atoms with Crippen LogP contribution in [-0.2, 0) is 4.74 Å². The summed E-state index contributed by atoms with van der Waals surface area (Å²) in [4.78, 5) is 12.8. The highest BCUT2D eigenvalue weighted by Crippen LogP contribution is 2.44. The van der Waals surface area contributed by atoms with E-state index in [0.717, 1.165) is 5.56 Å². The van der Waals surface area contributed by atoms with E-state index in [2.05, 4.69) is 0 Å². The van der Waals surface area contributed by atoms with Crippen LogP contribution in [0, 0.1) is 45.3 Å². The number of carbonyl (C=O) groups excluding carboxylic acids is 1. The summed E-state index contributed by atoms with van der Waals surface area (Å²) < 4.78 is 5.01. The minimum Gasteiger partial charge on any atom is -0.465 e. The molecule has 1 aromatic rings. The molecule has 0 heterocycles. The second-order valence-electron chi connectivity index (χ2n) is 7.93. The molecule has 0 unspecified atom stereocenters. The van der Waals surface area contributed by atoms with Crippen molar-refractivity contribution in [2.75, 3.05) is 7.11 Å². The van der Waals surface area contributed by atoms with Gasteiger partial charge in [0, 0.05) is 11.1 Å². The van der Waals surface area contributed by atoms with Crippen LogP contribution in [0.4, 0.5) is 0 Å². The van der Waals surface area contributed by atoms with Crippen molar-refractivity contribution in [2.45, 2.75) is 19.8 Å². The fourth-order valence-corrected chi connectivity index (χ4v) is 3.93. The minimum atomic E-state index is -0.581. The number of allylic oxidation sites excluding steroid dienone is 4. The third-order valence-electron chi connectivity index (χ3n) is 5.62. The number of carbonyl (C=O) groups is 1. The fraction of sp³-hybridized carbons (Fsp3) is 0.138. The average molecular weight is 457 g/mol. The van der Waals surface area contributed by atoms with Gasteiger partial charge in [0.05, 0.1) is 12.7 Å². The van der Waals surface area contributed by atoms with Crippen molar-refractivity contribution in [1.29, 1.82) is 21.0 Å². The molecule has 0 aromatic heterocycles. The van der Waals surface area contributed by atoms with Crippen molar-refractivity contribution < 1.29 is 9.53 Å². The number of benzene rings is 1. The van der Waals surface area contributed by atoms with Crippen LogP contribution in [0.15, 0.2) is 71.8 Å². The molecule has 0 fully saturated rings. The van der Waals surface area contributed by atoms with E-state index in [0.29, 0.717) is 22.3 Å². The average Bonchev–Trinajstić information content (AvgIpc) is 3.07. The van der Waals surface area contributed by atoms with Gasteiger partial charge < -0.3 is 4.74 Å². The molecule has 6 heteroatoms. The van der Waals surface area contributed by atoms with E-state index in [9.17, 15) is 25.8 Å². The molecule has 0 saturated carbocycles. The molecule has 0 bridgehead atoms. The highest BCUT2D eigenvalue weighted by molar-refractivity contribution is 6.15. The quantitative estimate of drug-likeness (QED) is 0.263. The van der Waals surface area contributed by atoms with E-state index in [4.69, 9.17) is 4.74 Å². The van der Waals surface area contributed by atoms with Crippen molar-refractivity contribution in [3.8, 4) is 35.4 Å². The first kappa shape index (κ1) is 24.5. The maximum absolute atomic E-state index is 12.8. The first-order chi connectivity index (χ1) is 16.9. The van der Waals surface area contributed by atoms with Gasteiger partial charge in [0.1, 0.15) is 35.4 Å². The van der Waals surface area contributed by atoms with Crippen molar-refractivity contribution in [2.24, 2.45) is 0 Å². The predicted octanol–water partition coefficient (Wildman–Crippen LogP) is 6.00. The smallest absolute Gasteiger partial charge is 0.338 e. The normalized spacial score (nSPS) is 9.83. The standard InChI is InChI=1S/C29H20N4O2/c1-18(2)20-10-7-11-23-24(12-20)26(29(34)35-3)13-25(23)28(22(16-32)17-33)27(21(14-30)15-31)19-8-5-4-6-9-19/h4-13,18H,1-3H3. The number of hydrogen-bond donors (Lipinski definition) is 0. The van der Waals surface area contributed by atoms with Crippen molar-refractivity contribution in [1.82, 2.24) is 0 Å². The maximum atomic E-state index is 12.8. The molecule has 3 rings (SSSR count). The molecular formula is C29H20N4O2. The SMILES string of the molecule is COC(=O)c1cc(C(=C(C#N)C#N)C(=C(C#N)C#N)c2ccccc2)c2cccc(C(C)C)cc1-2. The Hall–Kier alpha value is -5.17. The van der Waals surface area contributed by atoms with Crippen LogP contribution in [0.1, 0.15) is 46.8 Å². The summed E-state index contributed by atoms with van der Waals surface area (Å²) in [5.74, 6) is -0.412. The van der Waals surface area contributed by atoms with E-state index in [1.807, 2.05) is 56.3 Å². The first-order valence-corrected chi connectivity index (χ1v) is 10.7. The Morgan fingerprint density at radius 3 is 1.89 bits per heavy atom. The highest BCUT2D eigenvalue weighted by atomic mass is 16.5. The van der Waals surface area contributed by atoms with Crippen molar-refractivity contribution >= 4 is 17.1 Å². The number of fused-ring (bicyclic) bond motifs is 1. The highest BCUT2D eigenvalue weighted by Gasteiger charge is 2.28. The molecule has 0 radical (unpaired) electrons. The largest absolute Gasteiger partial charge is 0.465 e. The second-order valence-corrected chi connectivity index (χ2v) is 7.93. The van der Waals surface area contributed by atoms with E-state index < -0.39 is 5.97 Å². The molecule has 2 aliphatic carbocycles. The Morgan fingerprint density at radius 1 is 0.743 bits per heavy atom. The van der Waals surface area contributed by atoms with Crippen molar-refractivity contribution in [3.05, 3.63) is 94.1 Å². The number of methoxy groups -OCH3 is 1. The van der Waals surface area contributed by atoms with Crippen LogP contribution in [0.3, 0.4) is 0 Å². The summed E-state index contributed by atoms with van der Waals surface area (Å²) in [6.45, 7) is 4.06. The zero-order valence-electron chi connectivity index (χ0n) is 19.5. The van der Waals surface area contributed by atoms with E-state index in [1.165, 1.54) is 7.11 Å². The number of nitriles is 4. The molecule has 35 heavy (non-hydrogen) atoms. The molecular weight excluding hydrogens is 436 g/mol. The topological polar surface area (TPSA) is 121 Å². The minimum absolute atomic E-state index is 0.108. The first-order valence-electron chi connectivity index (χ1n) is 10.7. The van der Waals surface area contributed by atoms with Gasteiger partial charge >= 0.3 is 5.97 Å².